The maximum atomic E-state index is 4.90. The summed E-state index contributed by atoms with van der Waals surface area (Å²) in [6.45, 7) is 29.1. The van der Waals surface area contributed by atoms with E-state index in [1.165, 1.54) is 66.7 Å². The molecular formula is C46H54AuN4-2. The molecule has 0 saturated carbocycles. The molecule has 1 aliphatic heterocycles. The zero-order chi connectivity index (χ0) is 36.0. The van der Waals surface area contributed by atoms with Gasteiger partial charge in [-0.1, -0.05) is 138 Å². The number of benzene rings is 4. The van der Waals surface area contributed by atoms with E-state index in [1.54, 1.807) is 0 Å². The largest absolute Gasteiger partial charge is 0.656 e. The number of aromatic nitrogens is 2. The van der Waals surface area contributed by atoms with Crippen LogP contribution >= 0.6 is 0 Å². The van der Waals surface area contributed by atoms with Gasteiger partial charge in [-0.3, -0.25) is 0 Å². The summed E-state index contributed by atoms with van der Waals surface area (Å²) in [5, 5.41) is 2.59. The van der Waals surface area contributed by atoms with E-state index in [2.05, 4.69) is 166 Å². The van der Waals surface area contributed by atoms with E-state index in [0.29, 0.717) is 23.7 Å². The molecule has 0 aliphatic carbocycles. The molecule has 1 radical (unpaired) electrons. The van der Waals surface area contributed by atoms with E-state index in [4.69, 9.17) is 9.97 Å². The fourth-order valence-electron chi connectivity index (χ4n) is 7.66. The SMILES string of the molecule is CC(C)c1cccc(C(C)C)c1N1[CH-]N(c2c(C(C)C)cccc2C(C)C)c2ncccc21.Cc1cc(C)c2[n-]c3c(C)cc(C)cc3c2c1.[Au]. The van der Waals surface area contributed by atoms with Gasteiger partial charge in [-0.15, -0.1) is 17.7 Å². The van der Waals surface area contributed by atoms with Gasteiger partial charge in [0.2, 0.25) is 0 Å². The minimum Gasteiger partial charge on any atom is -0.656 e. The molecule has 5 heteroatoms. The molecule has 6 aromatic rings. The molecule has 3 heterocycles. The van der Waals surface area contributed by atoms with E-state index in [0.717, 1.165) is 22.5 Å². The van der Waals surface area contributed by atoms with Gasteiger partial charge in [-0.05, 0) is 96.5 Å². The summed E-state index contributed by atoms with van der Waals surface area (Å²) < 4.78 is 0. The quantitative estimate of drug-likeness (QED) is 0.123. The van der Waals surface area contributed by atoms with Crippen molar-refractivity contribution in [1.29, 1.82) is 0 Å². The predicted molar refractivity (Wildman–Crippen MR) is 216 cm³/mol. The van der Waals surface area contributed by atoms with Crippen molar-refractivity contribution in [2.45, 2.75) is 107 Å². The van der Waals surface area contributed by atoms with Gasteiger partial charge in [0, 0.05) is 40.0 Å². The first kappa shape index (κ1) is 38.4. The Kier molecular flexibility index (Phi) is 11.6. The van der Waals surface area contributed by atoms with E-state index in [1.807, 2.05) is 12.3 Å². The average molecular weight is 860 g/mol. The second-order valence-electron chi connectivity index (χ2n) is 15.5. The van der Waals surface area contributed by atoms with Crippen molar-refractivity contribution in [3.8, 4) is 0 Å². The fraction of sp³-hybridized carbons (Fsp3) is 0.348. The Balaban J connectivity index is 0.000000235. The van der Waals surface area contributed by atoms with Crippen molar-refractivity contribution in [2.24, 2.45) is 0 Å². The van der Waals surface area contributed by atoms with Crippen molar-refractivity contribution in [3.05, 3.63) is 130 Å². The summed E-state index contributed by atoms with van der Waals surface area (Å²) in [7, 11) is 0. The Labute approximate surface area is 322 Å². The number of fused-ring (bicyclic) bond motifs is 4. The Hall–Kier alpha value is -3.83. The van der Waals surface area contributed by atoms with Crippen LogP contribution in [0.1, 0.15) is 124 Å². The summed E-state index contributed by atoms with van der Waals surface area (Å²) in [5.41, 5.74) is 16.6. The molecule has 0 unspecified atom stereocenters. The molecule has 7 rings (SSSR count). The van der Waals surface area contributed by atoms with Crippen LogP contribution in [0.25, 0.3) is 21.8 Å². The zero-order valence-electron chi connectivity index (χ0n) is 32.5. The van der Waals surface area contributed by atoms with Crippen molar-refractivity contribution in [3.63, 3.8) is 0 Å². The predicted octanol–water partition coefficient (Wildman–Crippen LogP) is 13.2. The number of anilines is 4. The van der Waals surface area contributed by atoms with Crippen LogP contribution < -0.4 is 14.8 Å². The second-order valence-corrected chi connectivity index (χ2v) is 15.5. The number of hydrogen-bond donors (Lipinski definition) is 0. The molecule has 2 aromatic heterocycles. The van der Waals surface area contributed by atoms with Gasteiger partial charge < -0.3 is 14.8 Å². The first-order valence-corrected chi connectivity index (χ1v) is 18.4. The summed E-state index contributed by atoms with van der Waals surface area (Å²) in [5.74, 6) is 2.69. The van der Waals surface area contributed by atoms with Crippen LogP contribution in [-0.2, 0) is 22.4 Å². The molecule has 51 heavy (non-hydrogen) atoms. The number of aryl methyl sites for hydroxylation is 4. The van der Waals surface area contributed by atoms with Crippen LogP contribution in [-0.4, -0.2) is 4.98 Å². The van der Waals surface area contributed by atoms with Gasteiger partial charge >= 0.3 is 0 Å². The van der Waals surface area contributed by atoms with Crippen LogP contribution in [0.4, 0.5) is 22.9 Å². The Bertz CT molecular complexity index is 1970. The molecule has 4 aromatic carbocycles. The van der Waals surface area contributed by atoms with E-state index >= 15 is 0 Å². The maximum absolute atomic E-state index is 4.90. The van der Waals surface area contributed by atoms with E-state index in [9.17, 15) is 0 Å². The summed E-state index contributed by atoms with van der Waals surface area (Å²) in [6, 6.07) is 26.7. The number of para-hydroxylation sites is 2. The van der Waals surface area contributed by atoms with E-state index < -0.39 is 0 Å². The molecule has 0 spiro atoms. The number of nitrogens with zero attached hydrogens (tertiary/aromatic N) is 4. The van der Waals surface area contributed by atoms with Crippen LogP contribution in [0.5, 0.6) is 0 Å². The van der Waals surface area contributed by atoms with Gasteiger partial charge in [0.05, 0.1) is 5.69 Å². The van der Waals surface area contributed by atoms with Crippen LogP contribution in [0, 0.1) is 34.4 Å². The topological polar surface area (TPSA) is 33.5 Å². The Morgan fingerprint density at radius 2 is 0.961 bits per heavy atom. The molecule has 0 saturated heterocycles. The third kappa shape index (κ3) is 7.29. The van der Waals surface area contributed by atoms with Crippen LogP contribution in [0.3, 0.4) is 0 Å². The summed E-state index contributed by atoms with van der Waals surface area (Å²) >= 11 is 0. The summed E-state index contributed by atoms with van der Waals surface area (Å²) in [4.78, 5) is 14.4. The molecule has 0 N–H and O–H groups in total. The van der Waals surface area contributed by atoms with Gasteiger partial charge in [0.25, 0.3) is 0 Å². The van der Waals surface area contributed by atoms with Crippen molar-refractivity contribution in [2.75, 3.05) is 9.80 Å². The minimum absolute atomic E-state index is 0. The molecule has 0 fully saturated rings. The molecule has 4 nitrogen and oxygen atoms in total. The summed E-state index contributed by atoms with van der Waals surface area (Å²) in [6.07, 6.45) is 1.91. The third-order valence-electron chi connectivity index (χ3n) is 10.1. The Morgan fingerprint density at radius 1 is 0.549 bits per heavy atom. The fourth-order valence-corrected chi connectivity index (χ4v) is 7.66. The van der Waals surface area contributed by atoms with Crippen LogP contribution in [0.15, 0.2) is 79.0 Å². The van der Waals surface area contributed by atoms with Gasteiger partial charge in [-0.25, -0.2) is 4.98 Å². The smallest absolute Gasteiger partial charge is 0.126 e. The molecule has 271 valence electrons. The number of pyridine rings is 1. The first-order valence-electron chi connectivity index (χ1n) is 18.4. The monoisotopic (exact) mass is 859 g/mol. The molecular weight excluding hydrogens is 806 g/mol. The molecule has 0 amide bonds. The van der Waals surface area contributed by atoms with E-state index in [-0.39, 0.29) is 22.4 Å². The second kappa shape index (κ2) is 15.4. The Morgan fingerprint density at radius 3 is 1.37 bits per heavy atom. The van der Waals surface area contributed by atoms with Crippen molar-refractivity contribution < 1.29 is 22.4 Å². The average Bonchev–Trinajstić information content (AvgIpc) is 3.63. The van der Waals surface area contributed by atoms with Crippen molar-refractivity contribution in [1.82, 2.24) is 9.97 Å². The molecule has 0 bridgehead atoms. The third-order valence-corrected chi connectivity index (χ3v) is 10.1. The molecule has 0 atom stereocenters. The van der Waals surface area contributed by atoms with Crippen LogP contribution in [0.2, 0.25) is 0 Å². The normalized spacial score (nSPS) is 12.7. The van der Waals surface area contributed by atoms with Gasteiger partial charge in [0.1, 0.15) is 5.82 Å². The van der Waals surface area contributed by atoms with Gasteiger partial charge in [-0.2, -0.15) is 0 Å². The maximum Gasteiger partial charge on any atom is 0.126 e. The first-order chi connectivity index (χ1) is 23.8. The molecule has 1 aliphatic rings. The zero-order valence-corrected chi connectivity index (χ0v) is 34.6. The van der Waals surface area contributed by atoms with Crippen molar-refractivity contribution >= 4 is 44.7 Å². The minimum atomic E-state index is 0. The number of rotatable bonds is 6. The standard InChI is InChI=1S/C30H38N3.C16H16N.Au/c1-19(2)23-12-9-13-24(20(3)4)28(23)32-18-33(30-27(32)16-11-17-31-30)29-25(21(5)6)14-10-15-26(29)22(7)8;1-9-5-11(3)15-13(7-9)14-8-10(2)6-12(4)16(14)17-15;/h9-22H,1-8H3;5-8H,1-4H3;/q2*-1;. The van der Waals surface area contributed by atoms with Gasteiger partial charge in [0.15, 0.2) is 0 Å². The number of hydrogen-bond acceptors (Lipinski definition) is 3.